The lowest BCUT2D eigenvalue weighted by molar-refractivity contribution is -0.126. The number of amides is 1. The number of hydrogen-bond acceptors (Lipinski definition) is 3. The lowest BCUT2D eigenvalue weighted by Gasteiger charge is -2.26. The van der Waals surface area contributed by atoms with E-state index < -0.39 is 0 Å². The molecule has 2 unspecified atom stereocenters. The minimum Gasteiger partial charge on any atom is -0.378 e. The van der Waals surface area contributed by atoms with Crippen LogP contribution in [0.25, 0.3) is 0 Å². The topological polar surface area (TPSA) is 50.4 Å². The predicted molar refractivity (Wildman–Crippen MR) is 77.6 cm³/mol. The van der Waals surface area contributed by atoms with Gasteiger partial charge in [0, 0.05) is 26.1 Å². The minimum atomic E-state index is 0.0924. The smallest absolute Gasteiger partial charge is 0.223 e. The minimum absolute atomic E-state index is 0.0924. The van der Waals surface area contributed by atoms with E-state index in [1.54, 1.807) is 7.11 Å². The molecule has 1 aliphatic heterocycles. The Morgan fingerprint density at radius 3 is 2.90 bits per heavy atom. The molecule has 0 spiro atoms. The summed E-state index contributed by atoms with van der Waals surface area (Å²) >= 11 is 0. The van der Waals surface area contributed by atoms with Crippen LogP contribution in [0.5, 0.6) is 0 Å². The third-order valence-corrected chi connectivity index (χ3v) is 4.51. The fraction of sp³-hybridized carbons (Fsp3) is 0.562. The number of aryl methyl sites for hydroxylation is 1. The fourth-order valence-corrected chi connectivity index (χ4v) is 3.27. The molecule has 1 aliphatic carbocycles. The summed E-state index contributed by atoms with van der Waals surface area (Å²) in [4.78, 5) is 12.4. The predicted octanol–water partition coefficient (Wildman–Crippen LogP) is 0.895. The molecule has 0 bridgehead atoms. The Labute approximate surface area is 119 Å². The van der Waals surface area contributed by atoms with Gasteiger partial charge in [-0.2, -0.15) is 0 Å². The van der Waals surface area contributed by atoms with Crippen LogP contribution >= 0.6 is 0 Å². The van der Waals surface area contributed by atoms with E-state index in [0.717, 1.165) is 32.4 Å². The van der Waals surface area contributed by atoms with E-state index >= 15 is 0 Å². The van der Waals surface area contributed by atoms with Crippen LogP contribution in [-0.4, -0.2) is 38.3 Å². The van der Waals surface area contributed by atoms with Crippen molar-refractivity contribution in [2.75, 3.05) is 20.2 Å². The Balaban J connectivity index is 1.61. The second-order valence-electron chi connectivity index (χ2n) is 5.76. The third kappa shape index (κ3) is 2.72. The molecule has 3 rings (SSSR count). The first-order valence-electron chi connectivity index (χ1n) is 7.38. The van der Waals surface area contributed by atoms with Crippen LogP contribution in [0.2, 0.25) is 0 Å². The van der Waals surface area contributed by atoms with Crippen LogP contribution < -0.4 is 10.6 Å². The van der Waals surface area contributed by atoms with Crippen LogP contribution in [0.1, 0.15) is 17.5 Å². The first-order valence-corrected chi connectivity index (χ1v) is 7.38. The normalized spacial score (nSPS) is 28.9. The maximum Gasteiger partial charge on any atom is 0.223 e. The summed E-state index contributed by atoms with van der Waals surface area (Å²) in [5, 5.41) is 6.41. The standard InChI is InChI=1S/C16H22N2O2/c1-20-15-10-17-9-14(15)18-16(19)13-7-6-11-4-2-3-5-12(11)8-13/h2-5,13-15,17H,6-10H2,1H3,(H,18,19)/t13?,14?,15-/m0/s1. The Morgan fingerprint density at radius 2 is 2.10 bits per heavy atom. The van der Waals surface area contributed by atoms with Gasteiger partial charge in [0.25, 0.3) is 0 Å². The van der Waals surface area contributed by atoms with Gasteiger partial charge in [0.1, 0.15) is 0 Å². The van der Waals surface area contributed by atoms with Gasteiger partial charge in [-0.05, 0) is 30.4 Å². The summed E-state index contributed by atoms with van der Waals surface area (Å²) in [5.41, 5.74) is 2.72. The molecule has 1 aromatic rings. The first-order chi connectivity index (χ1) is 9.78. The van der Waals surface area contributed by atoms with Crippen molar-refractivity contribution in [1.82, 2.24) is 10.6 Å². The van der Waals surface area contributed by atoms with E-state index in [4.69, 9.17) is 4.74 Å². The Morgan fingerprint density at radius 1 is 1.30 bits per heavy atom. The highest BCUT2D eigenvalue weighted by atomic mass is 16.5. The van der Waals surface area contributed by atoms with E-state index in [-0.39, 0.29) is 24.0 Å². The average Bonchev–Trinajstić information content (AvgIpc) is 2.94. The van der Waals surface area contributed by atoms with Crippen LogP contribution in [0.3, 0.4) is 0 Å². The monoisotopic (exact) mass is 274 g/mol. The van der Waals surface area contributed by atoms with Gasteiger partial charge in [0.05, 0.1) is 12.1 Å². The third-order valence-electron chi connectivity index (χ3n) is 4.51. The molecule has 2 aliphatic rings. The Bertz CT molecular complexity index is 489. The highest BCUT2D eigenvalue weighted by molar-refractivity contribution is 5.79. The van der Waals surface area contributed by atoms with Gasteiger partial charge in [-0.15, -0.1) is 0 Å². The number of carbonyl (C=O) groups excluding carboxylic acids is 1. The highest BCUT2D eigenvalue weighted by Crippen LogP contribution is 2.25. The molecule has 108 valence electrons. The number of benzene rings is 1. The van der Waals surface area contributed by atoms with Gasteiger partial charge in [0.2, 0.25) is 5.91 Å². The van der Waals surface area contributed by atoms with Crippen molar-refractivity contribution in [3.05, 3.63) is 35.4 Å². The molecule has 1 aromatic carbocycles. The maximum atomic E-state index is 12.4. The van der Waals surface area contributed by atoms with Crippen molar-refractivity contribution in [3.8, 4) is 0 Å². The van der Waals surface area contributed by atoms with Crippen molar-refractivity contribution in [2.24, 2.45) is 5.92 Å². The molecule has 20 heavy (non-hydrogen) atoms. The number of ether oxygens (including phenoxy) is 1. The zero-order valence-electron chi connectivity index (χ0n) is 11.9. The quantitative estimate of drug-likeness (QED) is 0.861. The number of fused-ring (bicyclic) bond motifs is 1. The van der Waals surface area contributed by atoms with Crippen molar-refractivity contribution in [1.29, 1.82) is 0 Å². The molecular formula is C16H22N2O2. The lowest BCUT2D eigenvalue weighted by atomic mass is 9.83. The van der Waals surface area contributed by atoms with Crippen molar-refractivity contribution >= 4 is 5.91 Å². The van der Waals surface area contributed by atoms with E-state index in [1.165, 1.54) is 11.1 Å². The second kappa shape index (κ2) is 5.94. The molecular weight excluding hydrogens is 252 g/mol. The van der Waals surface area contributed by atoms with Gasteiger partial charge < -0.3 is 15.4 Å². The Kier molecular flexibility index (Phi) is 4.03. The molecule has 0 saturated carbocycles. The van der Waals surface area contributed by atoms with Crippen molar-refractivity contribution < 1.29 is 9.53 Å². The summed E-state index contributed by atoms with van der Waals surface area (Å²) in [6.45, 7) is 1.61. The number of hydrogen-bond donors (Lipinski definition) is 2. The molecule has 4 heteroatoms. The number of rotatable bonds is 3. The zero-order valence-corrected chi connectivity index (χ0v) is 11.9. The molecule has 3 atom stereocenters. The van der Waals surface area contributed by atoms with Gasteiger partial charge in [-0.25, -0.2) is 0 Å². The van der Waals surface area contributed by atoms with Gasteiger partial charge in [-0.1, -0.05) is 24.3 Å². The molecule has 1 amide bonds. The van der Waals surface area contributed by atoms with Gasteiger partial charge >= 0.3 is 0 Å². The number of carbonyl (C=O) groups is 1. The van der Waals surface area contributed by atoms with E-state index in [2.05, 4.69) is 34.9 Å². The highest BCUT2D eigenvalue weighted by Gasteiger charge is 2.31. The molecule has 4 nitrogen and oxygen atoms in total. The fourth-order valence-electron chi connectivity index (χ4n) is 3.27. The zero-order chi connectivity index (χ0) is 13.9. The molecule has 0 radical (unpaired) electrons. The summed E-state index contributed by atoms with van der Waals surface area (Å²) in [6, 6.07) is 8.55. The van der Waals surface area contributed by atoms with Crippen molar-refractivity contribution in [3.63, 3.8) is 0 Å². The van der Waals surface area contributed by atoms with E-state index in [0.29, 0.717) is 0 Å². The van der Waals surface area contributed by atoms with Gasteiger partial charge in [-0.3, -0.25) is 4.79 Å². The van der Waals surface area contributed by atoms with Gasteiger partial charge in [0.15, 0.2) is 0 Å². The average molecular weight is 274 g/mol. The largest absolute Gasteiger partial charge is 0.378 e. The summed E-state index contributed by atoms with van der Waals surface area (Å²) in [7, 11) is 1.70. The molecule has 1 fully saturated rings. The number of methoxy groups -OCH3 is 1. The lowest BCUT2D eigenvalue weighted by Crippen LogP contribution is -2.46. The van der Waals surface area contributed by atoms with E-state index in [9.17, 15) is 4.79 Å². The first kappa shape index (κ1) is 13.6. The summed E-state index contributed by atoms with van der Waals surface area (Å²) < 4.78 is 5.39. The molecule has 2 N–H and O–H groups in total. The Hall–Kier alpha value is -1.39. The van der Waals surface area contributed by atoms with Crippen LogP contribution in [-0.2, 0) is 22.4 Å². The van der Waals surface area contributed by atoms with Crippen LogP contribution in [0.4, 0.5) is 0 Å². The second-order valence-corrected chi connectivity index (χ2v) is 5.76. The van der Waals surface area contributed by atoms with Crippen LogP contribution in [0, 0.1) is 5.92 Å². The van der Waals surface area contributed by atoms with Crippen LogP contribution in [0.15, 0.2) is 24.3 Å². The van der Waals surface area contributed by atoms with Crippen molar-refractivity contribution in [2.45, 2.75) is 31.4 Å². The molecule has 1 saturated heterocycles. The maximum absolute atomic E-state index is 12.4. The molecule has 1 heterocycles. The van der Waals surface area contributed by atoms with E-state index in [1.807, 2.05) is 0 Å². The summed E-state index contributed by atoms with van der Waals surface area (Å²) in [5.74, 6) is 0.276. The molecule has 0 aromatic heterocycles. The number of nitrogens with one attached hydrogen (secondary N) is 2. The summed E-state index contributed by atoms with van der Waals surface area (Å²) in [6.07, 6.45) is 2.90. The SMILES string of the molecule is CO[C@H]1CNCC1NC(=O)C1CCc2ccccc2C1.